The summed E-state index contributed by atoms with van der Waals surface area (Å²) in [6, 6.07) is 18.5. The predicted octanol–water partition coefficient (Wildman–Crippen LogP) is 7.14. The summed E-state index contributed by atoms with van der Waals surface area (Å²) in [5.41, 5.74) is 5.42. The van der Waals surface area contributed by atoms with Gasteiger partial charge >= 0.3 is 0 Å². The van der Waals surface area contributed by atoms with Gasteiger partial charge in [-0.15, -0.1) is 0 Å². The van der Waals surface area contributed by atoms with E-state index in [0.29, 0.717) is 6.42 Å². The number of hydrogen-bond acceptors (Lipinski definition) is 2. The SMILES string of the molecule is Cc1cc(C)cc(C(C)(CC(=O)c2ccc(C)c3ccccc23)SCl)c1. The molecule has 0 amide bonds. The highest BCUT2D eigenvalue weighted by atomic mass is 35.7. The molecule has 3 aromatic rings. The molecule has 0 saturated heterocycles. The molecule has 0 aliphatic heterocycles. The van der Waals surface area contributed by atoms with Gasteiger partial charge in [-0.1, -0.05) is 65.7 Å². The van der Waals surface area contributed by atoms with Crippen molar-refractivity contribution in [3.05, 3.63) is 82.4 Å². The number of carbonyl (C=O) groups excluding carboxylic acids is 1. The summed E-state index contributed by atoms with van der Waals surface area (Å²) in [5.74, 6) is 0.121. The molecule has 0 heterocycles. The molecule has 0 radical (unpaired) electrons. The number of fused-ring (bicyclic) bond motifs is 1. The molecule has 0 saturated carbocycles. The van der Waals surface area contributed by atoms with Crippen molar-refractivity contribution in [1.29, 1.82) is 0 Å². The quantitative estimate of drug-likeness (QED) is 0.436. The van der Waals surface area contributed by atoms with Gasteiger partial charge in [-0.05, 0) is 71.3 Å². The number of Topliss-reactive ketones (excluding diaryl/α,β-unsaturated/α-hetero) is 1. The number of aryl methyl sites for hydroxylation is 3. The maximum Gasteiger partial charge on any atom is 0.165 e. The van der Waals surface area contributed by atoms with Crippen molar-refractivity contribution in [3.63, 3.8) is 0 Å². The minimum Gasteiger partial charge on any atom is -0.294 e. The van der Waals surface area contributed by atoms with Crippen LogP contribution in [-0.2, 0) is 4.75 Å². The van der Waals surface area contributed by atoms with Crippen LogP contribution in [0.2, 0.25) is 0 Å². The number of hydrogen-bond donors (Lipinski definition) is 0. The minimum absolute atomic E-state index is 0.121. The van der Waals surface area contributed by atoms with Gasteiger partial charge in [-0.3, -0.25) is 4.79 Å². The lowest BCUT2D eigenvalue weighted by molar-refractivity contribution is 0.0972. The Morgan fingerprint density at radius 3 is 2.19 bits per heavy atom. The van der Waals surface area contributed by atoms with Gasteiger partial charge < -0.3 is 0 Å². The van der Waals surface area contributed by atoms with E-state index in [4.69, 9.17) is 10.7 Å². The lowest BCUT2D eigenvalue weighted by Crippen LogP contribution is -2.21. The van der Waals surface area contributed by atoms with Gasteiger partial charge in [-0.2, -0.15) is 0 Å². The molecule has 0 bridgehead atoms. The summed E-state index contributed by atoms with van der Waals surface area (Å²) in [5, 5.41) is 2.14. The van der Waals surface area contributed by atoms with Crippen LogP contribution in [0, 0.1) is 20.8 Å². The Kier molecular flexibility index (Phi) is 5.45. The van der Waals surface area contributed by atoms with Gasteiger partial charge in [-0.25, -0.2) is 0 Å². The molecule has 0 N–H and O–H groups in total. The Morgan fingerprint density at radius 1 is 0.962 bits per heavy atom. The van der Waals surface area contributed by atoms with Crippen LogP contribution in [-0.4, -0.2) is 5.78 Å². The van der Waals surface area contributed by atoms with E-state index in [9.17, 15) is 4.79 Å². The Balaban J connectivity index is 2.02. The Hall–Kier alpha value is -1.77. The molecule has 3 aromatic carbocycles. The van der Waals surface area contributed by atoms with Crippen LogP contribution in [0.1, 0.15) is 46.0 Å². The van der Waals surface area contributed by atoms with Crippen LogP contribution in [0.3, 0.4) is 0 Å². The number of rotatable bonds is 5. The molecule has 1 atom stereocenters. The van der Waals surface area contributed by atoms with Crippen LogP contribution >= 0.6 is 21.7 Å². The van der Waals surface area contributed by atoms with Crippen LogP contribution in [0.4, 0.5) is 0 Å². The lowest BCUT2D eigenvalue weighted by atomic mass is 9.88. The fourth-order valence-electron chi connectivity index (χ4n) is 3.55. The molecule has 134 valence electrons. The molecule has 0 aliphatic rings. The maximum atomic E-state index is 13.2. The zero-order chi connectivity index (χ0) is 18.9. The van der Waals surface area contributed by atoms with Gasteiger partial charge in [0, 0.05) is 12.0 Å². The molecule has 0 aliphatic carbocycles. The average Bonchev–Trinajstić information content (AvgIpc) is 2.61. The van der Waals surface area contributed by atoms with E-state index < -0.39 is 4.75 Å². The highest BCUT2D eigenvalue weighted by Gasteiger charge is 2.31. The third kappa shape index (κ3) is 3.67. The van der Waals surface area contributed by atoms with Crippen LogP contribution in [0.25, 0.3) is 10.8 Å². The topological polar surface area (TPSA) is 17.1 Å². The average molecular weight is 383 g/mol. The largest absolute Gasteiger partial charge is 0.294 e. The van der Waals surface area contributed by atoms with Gasteiger partial charge in [0.05, 0.1) is 4.75 Å². The van der Waals surface area contributed by atoms with Gasteiger partial charge in [0.2, 0.25) is 0 Å². The molecule has 0 aromatic heterocycles. The molecule has 0 spiro atoms. The first-order valence-corrected chi connectivity index (χ1v) is 10.4. The zero-order valence-corrected chi connectivity index (χ0v) is 17.2. The van der Waals surface area contributed by atoms with Crippen LogP contribution in [0.15, 0.2) is 54.6 Å². The summed E-state index contributed by atoms with van der Waals surface area (Å²) < 4.78 is -0.471. The van der Waals surface area contributed by atoms with Crippen LogP contribution in [0.5, 0.6) is 0 Å². The Morgan fingerprint density at radius 2 is 1.58 bits per heavy atom. The molecular formula is C23H23ClOS. The third-order valence-corrected chi connectivity index (χ3v) is 6.69. The first-order valence-electron chi connectivity index (χ1n) is 8.74. The van der Waals surface area contributed by atoms with E-state index in [2.05, 4.69) is 45.0 Å². The molecule has 26 heavy (non-hydrogen) atoms. The first kappa shape index (κ1) is 19.0. The second-order valence-corrected chi connectivity index (χ2v) is 8.78. The lowest BCUT2D eigenvalue weighted by Gasteiger charge is -2.27. The molecule has 3 heteroatoms. The van der Waals surface area contributed by atoms with E-state index in [1.165, 1.54) is 27.7 Å². The fraction of sp³-hybridized carbons (Fsp3) is 0.261. The molecule has 1 unspecified atom stereocenters. The fourth-order valence-corrected chi connectivity index (χ4v) is 4.37. The maximum absolute atomic E-state index is 13.2. The highest BCUT2D eigenvalue weighted by molar-refractivity contribution is 8.21. The molecular weight excluding hydrogens is 360 g/mol. The minimum atomic E-state index is -0.471. The summed E-state index contributed by atoms with van der Waals surface area (Å²) in [7, 11) is 7.51. The van der Waals surface area contributed by atoms with Gasteiger partial charge in [0.25, 0.3) is 0 Å². The van der Waals surface area contributed by atoms with E-state index >= 15 is 0 Å². The van der Waals surface area contributed by atoms with E-state index in [-0.39, 0.29) is 5.78 Å². The second kappa shape index (κ2) is 7.46. The molecule has 3 rings (SSSR count). The molecule has 0 fully saturated rings. The van der Waals surface area contributed by atoms with E-state index in [0.717, 1.165) is 21.9 Å². The summed E-state index contributed by atoms with van der Waals surface area (Å²) in [4.78, 5) is 13.2. The predicted molar refractivity (Wildman–Crippen MR) is 114 cm³/mol. The zero-order valence-electron chi connectivity index (χ0n) is 15.6. The highest BCUT2D eigenvalue weighted by Crippen LogP contribution is 2.43. The summed E-state index contributed by atoms with van der Waals surface area (Å²) in [6.07, 6.45) is 0.358. The van der Waals surface area contributed by atoms with Crippen LogP contribution < -0.4 is 0 Å². The number of ketones is 1. The number of carbonyl (C=O) groups is 1. The normalized spacial score (nSPS) is 13.6. The Bertz CT molecular complexity index is 959. The van der Waals surface area contributed by atoms with Crippen molar-refractivity contribution < 1.29 is 4.79 Å². The standard InChI is InChI=1S/C23H23ClOS/c1-15-11-16(2)13-18(12-15)23(4,26-24)14-22(25)21-10-9-17(3)19-7-5-6-8-20(19)21/h5-13H,14H2,1-4H3. The van der Waals surface area contributed by atoms with Crippen molar-refractivity contribution in [1.82, 2.24) is 0 Å². The van der Waals surface area contributed by atoms with Crippen molar-refractivity contribution >= 4 is 38.2 Å². The van der Waals surface area contributed by atoms with E-state index in [1.807, 2.05) is 37.3 Å². The second-order valence-electron chi connectivity index (χ2n) is 7.26. The van der Waals surface area contributed by atoms with Crippen molar-refractivity contribution in [2.24, 2.45) is 0 Å². The van der Waals surface area contributed by atoms with Gasteiger partial charge in [0.1, 0.15) is 0 Å². The summed E-state index contributed by atoms with van der Waals surface area (Å²) in [6.45, 7) is 8.27. The van der Waals surface area contributed by atoms with Crippen molar-refractivity contribution in [3.8, 4) is 0 Å². The monoisotopic (exact) mass is 382 g/mol. The first-order chi connectivity index (χ1) is 12.3. The van der Waals surface area contributed by atoms with E-state index in [1.54, 1.807) is 0 Å². The van der Waals surface area contributed by atoms with Crippen molar-refractivity contribution in [2.75, 3.05) is 0 Å². The number of benzene rings is 3. The van der Waals surface area contributed by atoms with Gasteiger partial charge in [0.15, 0.2) is 5.78 Å². The smallest absolute Gasteiger partial charge is 0.165 e. The van der Waals surface area contributed by atoms with Crippen molar-refractivity contribution in [2.45, 2.75) is 38.9 Å². The third-order valence-electron chi connectivity index (χ3n) is 4.94. The number of halogens is 1. The Labute approximate surface area is 164 Å². The summed E-state index contributed by atoms with van der Waals surface area (Å²) >= 11 is 0. The molecule has 1 nitrogen and oxygen atoms in total.